The molecule has 6 nitrogen and oxygen atoms in total. The van der Waals surface area contributed by atoms with Crippen molar-refractivity contribution in [3.63, 3.8) is 0 Å². The van der Waals surface area contributed by atoms with Crippen molar-refractivity contribution in [1.82, 2.24) is 0 Å². The van der Waals surface area contributed by atoms with E-state index in [0.29, 0.717) is 18.7 Å². The van der Waals surface area contributed by atoms with Crippen LogP contribution in [0.2, 0.25) is 0 Å². The van der Waals surface area contributed by atoms with Crippen molar-refractivity contribution >= 4 is 33.8 Å². The highest BCUT2D eigenvalue weighted by atomic mass is 16.5. The number of hydrogen-bond donors (Lipinski definition) is 1. The van der Waals surface area contributed by atoms with Gasteiger partial charge in [-0.2, -0.15) is 5.11 Å². The van der Waals surface area contributed by atoms with Gasteiger partial charge >= 0.3 is 5.97 Å². The van der Waals surface area contributed by atoms with Gasteiger partial charge in [0, 0.05) is 28.6 Å². The Kier molecular flexibility index (Phi) is 14.4. The fourth-order valence-corrected chi connectivity index (χ4v) is 6.10. The third kappa shape index (κ3) is 11.5. The third-order valence-electron chi connectivity index (χ3n) is 10.2. The molecule has 0 spiro atoms. The first-order valence-electron chi connectivity index (χ1n) is 18.7. The molecule has 0 aliphatic rings. The average Bonchev–Trinajstić information content (AvgIpc) is 3.10. The second-order valence-corrected chi connectivity index (χ2v) is 15.3. The van der Waals surface area contributed by atoms with Crippen molar-refractivity contribution in [1.29, 1.82) is 0 Å². The standard InChI is InChI=1S/C45H59N3O3/c1-33(2)43(49)51-30-18-14-12-10-9-11-13-17-29-50-37-24-21-35(22-25-37)32-46-41-27-28-42(39-20-16-15-19-38(39)41)48-47-36-23-26-40(34(3)31-36)45(7,8)44(4,5)6/h15-16,19-28,31,46H,1,9-14,17-18,29-30,32H2,2-8H3/b48-47+. The van der Waals surface area contributed by atoms with Gasteiger partial charge in [0.05, 0.1) is 24.6 Å². The van der Waals surface area contributed by atoms with Gasteiger partial charge in [-0.05, 0) is 90.6 Å². The van der Waals surface area contributed by atoms with Crippen LogP contribution >= 0.6 is 0 Å². The van der Waals surface area contributed by atoms with E-state index in [4.69, 9.17) is 14.6 Å². The Morgan fingerprint density at radius 3 is 2.00 bits per heavy atom. The van der Waals surface area contributed by atoms with Gasteiger partial charge in [-0.15, -0.1) is 5.11 Å². The van der Waals surface area contributed by atoms with E-state index in [-0.39, 0.29) is 16.8 Å². The lowest BCUT2D eigenvalue weighted by Crippen LogP contribution is -2.34. The lowest BCUT2D eigenvalue weighted by molar-refractivity contribution is -0.139. The molecule has 0 fully saturated rings. The Hall–Kier alpha value is -4.45. The first-order chi connectivity index (χ1) is 24.4. The number of carbonyl (C=O) groups excluding carboxylic acids is 1. The molecular formula is C45H59N3O3. The highest BCUT2D eigenvalue weighted by Gasteiger charge is 2.35. The summed E-state index contributed by atoms with van der Waals surface area (Å²) in [5, 5.41) is 15.2. The van der Waals surface area contributed by atoms with Gasteiger partial charge in [0.2, 0.25) is 0 Å². The number of esters is 1. The van der Waals surface area contributed by atoms with Crippen molar-refractivity contribution < 1.29 is 14.3 Å². The number of aryl methyl sites for hydroxylation is 1. The summed E-state index contributed by atoms with van der Waals surface area (Å²) < 4.78 is 11.1. The molecular weight excluding hydrogens is 631 g/mol. The molecule has 1 N–H and O–H groups in total. The summed E-state index contributed by atoms with van der Waals surface area (Å²) in [6, 6.07) is 27.3. The van der Waals surface area contributed by atoms with Crippen LogP contribution in [0.5, 0.6) is 5.75 Å². The fourth-order valence-electron chi connectivity index (χ4n) is 6.10. The van der Waals surface area contributed by atoms with Gasteiger partial charge in [0.25, 0.3) is 0 Å². The summed E-state index contributed by atoms with van der Waals surface area (Å²) in [4.78, 5) is 11.4. The summed E-state index contributed by atoms with van der Waals surface area (Å²) in [6.45, 7) is 20.9. The maximum atomic E-state index is 11.4. The van der Waals surface area contributed by atoms with Crippen LogP contribution in [-0.4, -0.2) is 19.2 Å². The molecule has 0 heterocycles. The molecule has 0 unspecified atom stereocenters. The monoisotopic (exact) mass is 689 g/mol. The average molecular weight is 690 g/mol. The van der Waals surface area contributed by atoms with Crippen molar-refractivity contribution in [2.45, 2.75) is 112 Å². The molecule has 0 aromatic heterocycles. The van der Waals surface area contributed by atoms with Gasteiger partial charge in [-0.25, -0.2) is 4.79 Å². The number of nitrogens with zero attached hydrogens (tertiary/aromatic N) is 2. The Bertz CT molecular complexity index is 1770. The molecule has 6 heteroatoms. The minimum atomic E-state index is -0.287. The lowest BCUT2D eigenvalue weighted by atomic mass is 9.64. The number of ether oxygens (including phenoxy) is 2. The SMILES string of the molecule is C=C(C)C(=O)OCCCCCCCCCCOc1ccc(CNc2ccc(/N=N/c3ccc(C(C)(C)C(C)(C)C)c(C)c3)c3ccccc23)cc1. The van der Waals surface area contributed by atoms with Crippen molar-refractivity contribution in [3.8, 4) is 5.75 Å². The first kappa shape index (κ1) is 39.3. The zero-order valence-electron chi connectivity index (χ0n) is 32.1. The maximum absolute atomic E-state index is 11.4. The van der Waals surface area contributed by atoms with Crippen LogP contribution in [0.3, 0.4) is 0 Å². The molecule has 0 amide bonds. The molecule has 51 heavy (non-hydrogen) atoms. The Morgan fingerprint density at radius 2 is 1.37 bits per heavy atom. The molecule has 272 valence electrons. The molecule has 4 aromatic carbocycles. The molecule has 4 rings (SSSR count). The number of azo groups is 1. The summed E-state index contributed by atoms with van der Waals surface area (Å²) in [6.07, 6.45) is 9.12. The van der Waals surface area contributed by atoms with E-state index in [2.05, 4.69) is 131 Å². The molecule has 0 atom stereocenters. The van der Waals surface area contributed by atoms with E-state index in [1.807, 2.05) is 6.07 Å². The number of fused-ring (bicyclic) bond motifs is 1. The fraction of sp³-hybridized carbons (Fsp3) is 0.444. The van der Waals surface area contributed by atoms with Crippen LogP contribution in [0.25, 0.3) is 10.8 Å². The van der Waals surface area contributed by atoms with Gasteiger partial charge in [-0.3, -0.25) is 0 Å². The normalized spacial score (nSPS) is 12.0. The van der Waals surface area contributed by atoms with E-state index < -0.39 is 0 Å². The predicted octanol–water partition coefficient (Wildman–Crippen LogP) is 13.1. The van der Waals surface area contributed by atoms with Crippen molar-refractivity contribution in [2.75, 3.05) is 18.5 Å². The number of rotatable bonds is 19. The lowest BCUT2D eigenvalue weighted by Gasteiger charge is -2.40. The second kappa shape index (κ2) is 18.7. The number of carbonyl (C=O) groups is 1. The van der Waals surface area contributed by atoms with Gasteiger partial charge in [-0.1, -0.05) is 122 Å². The molecule has 0 saturated heterocycles. The molecule has 0 aliphatic carbocycles. The number of hydrogen-bond acceptors (Lipinski definition) is 6. The summed E-state index contributed by atoms with van der Waals surface area (Å²) in [5.41, 5.74) is 7.20. The van der Waals surface area contributed by atoms with E-state index in [1.54, 1.807) is 6.92 Å². The van der Waals surface area contributed by atoms with Crippen molar-refractivity contribution in [3.05, 3.63) is 108 Å². The van der Waals surface area contributed by atoms with E-state index >= 15 is 0 Å². The molecule has 0 aliphatic heterocycles. The van der Waals surface area contributed by atoms with E-state index in [0.717, 1.165) is 59.5 Å². The summed E-state index contributed by atoms with van der Waals surface area (Å²) >= 11 is 0. The third-order valence-corrected chi connectivity index (χ3v) is 10.2. The van der Waals surface area contributed by atoms with Crippen molar-refractivity contribution in [2.24, 2.45) is 15.6 Å². The molecule has 0 bridgehead atoms. The van der Waals surface area contributed by atoms with Crippen LogP contribution in [0.15, 0.2) is 101 Å². The van der Waals surface area contributed by atoms with Crippen LogP contribution in [0.4, 0.5) is 17.1 Å². The first-order valence-corrected chi connectivity index (χ1v) is 18.7. The Labute approximate surface area is 306 Å². The Morgan fingerprint density at radius 1 is 0.745 bits per heavy atom. The minimum absolute atomic E-state index is 0.0385. The zero-order valence-corrected chi connectivity index (χ0v) is 32.1. The van der Waals surface area contributed by atoms with Gasteiger partial charge in [0.15, 0.2) is 0 Å². The topological polar surface area (TPSA) is 72.3 Å². The largest absolute Gasteiger partial charge is 0.494 e. The smallest absolute Gasteiger partial charge is 0.333 e. The number of anilines is 1. The molecule has 0 radical (unpaired) electrons. The van der Waals surface area contributed by atoms with E-state index in [1.165, 1.54) is 48.8 Å². The summed E-state index contributed by atoms with van der Waals surface area (Å²) in [5.74, 6) is 0.624. The zero-order chi connectivity index (χ0) is 36.9. The minimum Gasteiger partial charge on any atom is -0.494 e. The van der Waals surface area contributed by atoms with E-state index in [9.17, 15) is 4.79 Å². The van der Waals surface area contributed by atoms with Crippen LogP contribution in [0, 0.1) is 12.3 Å². The van der Waals surface area contributed by atoms with Gasteiger partial charge in [0.1, 0.15) is 5.75 Å². The number of unbranched alkanes of at least 4 members (excludes halogenated alkanes) is 7. The molecule has 0 saturated carbocycles. The Balaban J connectivity index is 1.21. The predicted molar refractivity (Wildman–Crippen MR) is 214 cm³/mol. The van der Waals surface area contributed by atoms with Crippen LogP contribution in [-0.2, 0) is 21.5 Å². The highest BCUT2D eigenvalue weighted by Crippen LogP contribution is 2.43. The second-order valence-electron chi connectivity index (χ2n) is 15.3. The highest BCUT2D eigenvalue weighted by molar-refractivity contribution is 6.00. The van der Waals surface area contributed by atoms with Gasteiger partial charge < -0.3 is 14.8 Å². The maximum Gasteiger partial charge on any atom is 0.333 e. The van der Waals surface area contributed by atoms with Crippen LogP contribution < -0.4 is 10.1 Å². The number of nitrogens with one attached hydrogen (secondary N) is 1. The number of benzene rings is 4. The van der Waals surface area contributed by atoms with Crippen LogP contribution in [0.1, 0.15) is 110 Å². The summed E-state index contributed by atoms with van der Waals surface area (Å²) in [7, 11) is 0. The quantitative estimate of drug-likeness (QED) is 0.0460. The molecule has 4 aromatic rings.